The topological polar surface area (TPSA) is 74.3 Å². The quantitative estimate of drug-likeness (QED) is 0.783. The van der Waals surface area contributed by atoms with E-state index in [1.54, 1.807) is 0 Å². The third-order valence-electron chi connectivity index (χ3n) is 6.12. The average Bonchev–Trinajstić information content (AvgIpc) is 2.98. The molecule has 4 aliphatic heterocycles. The number of hydrogen-bond donors (Lipinski definition) is 2. The predicted octanol–water partition coefficient (Wildman–Crippen LogP) is 1.38. The van der Waals surface area contributed by atoms with Gasteiger partial charge in [0, 0.05) is 37.8 Å². The average molecular weight is 351 g/mol. The maximum absolute atomic E-state index is 12.2. The van der Waals surface area contributed by atoms with Gasteiger partial charge in [-0.25, -0.2) is 4.79 Å². The molecule has 0 aromatic heterocycles. The highest BCUT2D eigenvalue weighted by Crippen LogP contribution is 2.38. The Hall–Kier alpha value is -1.31. The van der Waals surface area contributed by atoms with Crippen LogP contribution in [0.25, 0.3) is 0 Å². The van der Waals surface area contributed by atoms with Crippen LogP contribution in [0.5, 0.6) is 0 Å². The second-order valence-electron chi connectivity index (χ2n) is 7.64. The van der Waals surface area contributed by atoms with Gasteiger partial charge in [-0.2, -0.15) is 0 Å². The van der Waals surface area contributed by atoms with E-state index in [9.17, 15) is 9.90 Å². The van der Waals surface area contributed by atoms with Crippen LogP contribution in [-0.2, 0) is 9.47 Å². The van der Waals surface area contributed by atoms with E-state index in [1.807, 2.05) is 11.8 Å². The first-order valence-corrected chi connectivity index (χ1v) is 9.60. The van der Waals surface area contributed by atoms with Crippen LogP contribution in [0.2, 0.25) is 0 Å². The second kappa shape index (κ2) is 6.78. The molecule has 4 heterocycles. The second-order valence-corrected chi connectivity index (χ2v) is 7.64. The molecule has 0 saturated carbocycles. The summed E-state index contributed by atoms with van der Waals surface area (Å²) in [4.78, 5) is 16.6. The molecule has 4 unspecified atom stereocenters. The summed E-state index contributed by atoms with van der Waals surface area (Å²) in [5.41, 5.74) is 1.15. The molecule has 3 fully saturated rings. The van der Waals surface area contributed by atoms with Crippen molar-refractivity contribution in [3.05, 3.63) is 11.8 Å². The summed E-state index contributed by atoms with van der Waals surface area (Å²) in [5.74, 6) is 0. The molecular formula is C18H29N3O4. The smallest absolute Gasteiger partial charge is 0.410 e. The molecule has 4 aliphatic rings. The van der Waals surface area contributed by atoms with Gasteiger partial charge in [0.05, 0.1) is 18.2 Å². The van der Waals surface area contributed by atoms with Crippen molar-refractivity contribution >= 4 is 6.09 Å². The zero-order valence-electron chi connectivity index (χ0n) is 14.9. The molecule has 1 spiro atoms. The normalized spacial score (nSPS) is 38.0. The highest BCUT2D eigenvalue weighted by Gasteiger charge is 2.43. The monoisotopic (exact) mass is 351 g/mol. The van der Waals surface area contributed by atoms with Crippen molar-refractivity contribution in [2.45, 2.75) is 69.5 Å². The van der Waals surface area contributed by atoms with Crippen molar-refractivity contribution in [1.29, 1.82) is 0 Å². The molecule has 25 heavy (non-hydrogen) atoms. The summed E-state index contributed by atoms with van der Waals surface area (Å²) in [6.07, 6.45) is 7.25. The molecule has 7 heteroatoms. The van der Waals surface area contributed by atoms with Crippen molar-refractivity contribution in [3.8, 4) is 0 Å². The summed E-state index contributed by atoms with van der Waals surface area (Å²) < 4.78 is 11.0. The van der Waals surface area contributed by atoms with Gasteiger partial charge >= 0.3 is 6.09 Å². The molecule has 0 aliphatic carbocycles. The molecule has 2 N–H and O–H groups in total. The number of rotatable bonds is 2. The Labute approximate surface area is 148 Å². The Morgan fingerprint density at radius 2 is 2.32 bits per heavy atom. The van der Waals surface area contributed by atoms with E-state index in [0.717, 1.165) is 58.2 Å². The first-order chi connectivity index (χ1) is 12.1. The highest BCUT2D eigenvalue weighted by atomic mass is 16.6. The SMILES string of the molecule is CCOC(=O)N1C2C=C(N3CCCC4(CC3)CNC(O)O4)CC1CC2. The lowest BCUT2D eigenvalue weighted by molar-refractivity contribution is -0.145. The van der Waals surface area contributed by atoms with Crippen LogP contribution in [0, 0.1) is 0 Å². The van der Waals surface area contributed by atoms with Gasteiger partial charge in [-0.3, -0.25) is 10.2 Å². The number of amides is 1. The molecule has 0 aromatic rings. The zero-order chi connectivity index (χ0) is 17.4. The minimum absolute atomic E-state index is 0.167. The van der Waals surface area contributed by atoms with Gasteiger partial charge in [-0.15, -0.1) is 0 Å². The molecule has 4 atom stereocenters. The number of nitrogens with zero attached hydrogens (tertiary/aromatic N) is 2. The van der Waals surface area contributed by atoms with Gasteiger partial charge in [0.15, 0.2) is 0 Å². The maximum Gasteiger partial charge on any atom is 0.410 e. The van der Waals surface area contributed by atoms with Crippen LogP contribution in [-0.4, -0.2) is 71.3 Å². The zero-order valence-corrected chi connectivity index (χ0v) is 14.9. The molecule has 3 saturated heterocycles. The summed E-state index contributed by atoms with van der Waals surface area (Å²) in [6.45, 7) is 4.97. The molecular weight excluding hydrogens is 322 g/mol. The number of carbonyl (C=O) groups is 1. The minimum Gasteiger partial charge on any atom is -0.450 e. The third kappa shape index (κ3) is 3.25. The van der Waals surface area contributed by atoms with Crippen molar-refractivity contribution in [2.75, 3.05) is 26.2 Å². The number of hydrogen-bond acceptors (Lipinski definition) is 6. The fourth-order valence-corrected chi connectivity index (χ4v) is 4.87. The van der Waals surface area contributed by atoms with Gasteiger partial charge in [0.1, 0.15) is 0 Å². The Morgan fingerprint density at radius 3 is 3.04 bits per heavy atom. The standard InChI is InChI=1S/C18H29N3O4/c1-2-24-17(23)21-13-4-5-14(21)11-15(10-13)20-8-3-6-18(7-9-20)12-19-16(22)25-18/h10,13-14,16,19,22H,2-9,11-12H2,1H3. The van der Waals surface area contributed by atoms with Gasteiger partial charge < -0.3 is 19.5 Å². The molecule has 0 radical (unpaired) electrons. The summed E-state index contributed by atoms with van der Waals surface area (Å²) in [5, 5.41) is 12.6. The van der Waals surface area contributed by atoms with E-state index in [2.05, 4.69) is 16.3 Å². The van der Waals surface area contributed by atoms with Crippen LogP contribution in [0.4, 0.5) is 4.79 Å². The van der Waals surface area contributed by atoms with E-state index in [-0.39, 0.29) is 23.8 Å². The molecule has 2 bridgehead atoms. The van der Waals surface area contributed by atoms with Crippen molar-refractivity contribution in [2.24, 2.45) is 0 Å². The van der Waals surface area contributed by atoms with E-state index in [4.69, 9.17) is 9.47 Å². The van der Waals surface area contributed by atoms with E-state index in [1.165, 1.54) is 5.70 Å². The van der Waals surface area contributed by atoms with Crippen LogP contribution in [0.1, 0.15) is 45.4 Å². The molecule has 1 amide bonds. The summed E-state index contributed by atoms with van der Waals surface area (Å²) >= 11 is 0. The van der Waals surface area contributed by atoms with Crippen LogP contribution in [0.15, 0.2) is 11.8 Å². The van der Waals surface area contributed by atoms with Crippen molar-refractivity contribution in [1.82, 2.24) is 15.1 Å². The van der Waals surface area contributed by atoms with E-state index in [0.29, 0.717) is 6.61 Å². The fraction of sp³-hybridized carbons (Fsp3) is 0.833. The van der Waals surface area contributed by atoms with Gasteiger partial charge in [0.25, 0.3) is 0 Å². The lowest BCUT2D eigenvalue weighted by atomic mass is 9.95. The molecule has 4 rings (SSSR count). The predicted molar refractivity (Wildman–Crippen MR) is 91.6 cm³/mol. The van der Waals surface area contributed by atoms with E-state index >= 15 is 0 Å². The fourth-order valence-electron chi connectivity index (χ4n) is 4.87. The first-order valence-electron chi connectivity index (χ1n) is 9.60. The summed E-state index contributed by atoms with van der Waals surface area (Å²) in [6, 6.07) is 0.448. The third-order valence-corrected chi connectivity index (χ3v) is 6.12. The number of likely N-dealkylation sites (tertiary alicyclic amines) is 1. The Kier molecular flexibility index (Phi) is 4.64. The van der Waals surface area contributed by atoms with Crippen molar-refractivity contribution < 1.29 is 19.4 Å². The van der Waals surface area contributed by atoms with Crippen molar-refractivity contribution in [3.63, 3.8) is 0 Å². The Morgan fingerprint density at radius 1 is 1.44 bits per heavy atom. The van der Waals surface area contributed by atoms with Gasteiger partial charge in [-0.1, -0.05) is 0 Å². The van der Waals surface area contributed by atoms with Crippen LogP contribution >= 0.6 is 0 Å². The Bertz CT molecular complexity index is 554. The molecule has 7 nitrogen and oxygen atoms in total. The number of ether oxygens (including phenoxy) is 2. The summed E-state index contributed by atoms with van der Waals surface area (Å²) in [7, 11) is 0. The highest BCUT2D eigenvalue weighted by molar-refractivity contribution is 5.69. The molecule has 0 aromatic carbocycles. The van der Waals surface area contributed by atoms with E-state index < -0.39 is 6.41 Å². The largest absolute Gasteiger partial charge is 0.450 e. The maximum atomic E-state index is 12.2. The minimum atomic E-state index is -0.825. The van der Waals surface area contributed by atoms with Gasteiger partial charge in [-0.05, 0) is 45.1 Å². The first kappa shape index (κ1) is 17.1. The van der Waals surface area contributed by atoms with Crippen LogP contribution < -0.4 is 5.32 Å². The lowest BCUT2D eigenvalue weighted by Gasteiger charge is -2.37. The number of carbonyl (C=O) groups excluding carboxylic acids is 1. The Balaban J connectivity index is 1.43. The van der Waals surface area contributed by atoms with Crippen LogP contribution in [0.3, 0.4) is 0 Å². The van der Waals surface area contributed by atoms with Gasteiger partial charge in [0.2, 0.25) is 6.41 Å². The lowest BCUT2D eigenvalue weighted by Crippen LogP contribution is -2.45. The number of fused-ring (bicyclic) bond motifs is 2. The number of nitrogens with one attached hydrogen (secondary N) is 1. The molecule has 140 valence electrons. The number of aliphatic hydroxyl groups excluding tert-OH is 1. The number of aliphatic hydroxyl groups is 1.